The van der Waals surface area contributed by atoms with Crippen LogP contribution in [-0.2, 0) is 10.0 Å². The normalized spacial score (nSPS) is 12.4. The average Bonchev–Trinajstić information content (AvgIpc) is 2.66. The Morgan fingerprint density at radius 3 is 2.14 bits per heavy atom. The van der Waals surface area contributed by atoms with Gasteiger partial charge in [0.1, 0.15) is 5.75 Å². The number of carbonyl (C=O) groups excluding carboxylic acids is 1. The van der Waals surface area contributed by atoms with Crippen LogP contribution in [0.25, 0.3) is 0 Å². The van der Waals surface area contributed by atoms with E-state index in [9.17, 15) is 13.2 Å². The van der Waals surface area contributed by atoms with Gasteiger partial charge < -0.3 is 19.5 Å². The van der Waals surface area contributed by atoms with Gasteiger partial charge in [-0.25, -0.2) is 13.6 Å². The lowest BCUT2D eigenvalue weighted by molar-refractivity contribution is 0.0936. The molecule has 2 aromatic carbocycles. The highest BCUT2D eigenvalue weighted by Crippen LogP contribution is 2.31. The van der Waals surface area contributed by atoms with Crippen molar-refractivity contribution in [3.8, 4) is 17.2 Å². The zero-order valence-electron chi connectivity index (χ0n) is 17.1. The summed E-state index contributed by atoms with van der Waals surface area (Å²) in [6.07, 6.45) is -0.00885. The second kappa shape index (κ2) is 9.15. The van der Waals surface area contributed by atoms with Crippen LogP contribution in [0.3, 0.4) is 0 Å². The van der Waals surface area contributed by atoms with E-state index >= 15 is 0 Å². The van der Waals surface area contributed by atoms with Gasteiger partial charge in [0.15, 0.2) is 11.5 Å². The molecular formula is C20H26N2O6S. The summed E-state index contributed by atoms with van der Waals surface area (Å²) < 4.78 is 39.5. The third-order valence-electron chi connectivity index (χ3n) is 4.14. The molecule has 0 bridgehead atoms. The van der Waals surface area contributed by atoms with Gasteiger partial charge in [0.05, 0.1) is 36.8 Å². The van der Waals surface area contributed by atoms with Crippen LogP contribution in [0.4, 0.5) is 0 Å². The van der Waals surface area contributed by atoms with E-state index in [0.29, 0.717) is 11.5 Å². The lowest BCUT2D eigenvalue weighted by atomic mass is 10.1. The molecule has 0 aliphatic carbocycles. The molecule has 0 saturated heterocycles. The first kappa shape index (κ1) is 22.5. The number of nitrogens with two attached hydrogens (primary N) is 1. The second-order valence-electron chi connectivity index (χ2n) is 6.68. The highest BCUT2D eigenvalue weighted by atomic mass is 32.2. The van der Waals surface area contributed by atoms with Crippen LogP contribution in [0.15, 0.2) is 41.3 Å². The molecule has 0 heterocycles. The monoisotopic (exact) mass is 422 g/mol. The van der Waals surface area contributed by atoms with Crippen molar-refractivity contribution in [3.05, 3.63) is 47.5 Å². The Labute approximate surface area is 171 Å². The maximum absolute atomic E-state index is 12.8. The van der Waals surface area contributed by atoms with Gasteiger partial charge in [0, 0.05) is 0 Å². The molecule has 1 atom stereocenters. The smallest absolute Gasteiger partial charge is 0.255 e. The standard InChI is InChI=1S/C20H26N2O6S/c1-12(2)28-18-8-6-14(10-19(18)27-5)13(3)22-20(23)16-11-15(29(21,24)25)7-9-17(16)26-4/h6-13H,1-5H3,(H,22,23)(H2,21,24,25). The predicted molar refractivity (Wildman–Crippen MR) is 109 cm³/mol. The van der Waals surface area contributed by atoms with Crippen molar-refractivity contribution in [3.63, 3.8) is 0 Å². The number of hydrogen-bond donors (Lipinski definition) is 2. The van der Waals surface area contributed by atoms with E-state index in [0.717, 1.165) is 5.56 Å². The van der Waals surface area contributed by atoms with Gasteiger partial charge in [0.2, 0.25) is 10.0 Å². The molecule has 0 aliphatic heterocycles. The van der Waals surface area contributed by atoms with Gasteiger partial charge in [-0.2, -0.15) is 0 Å². The number of primary sulfonamides is 1. The summed E-state index contributed by atoms with van der Waals surface area (Å²) in [6.45, 7) is 5.63. The van der Waals surface area contributed by atoms with Crippen molar-refractivity contribution in [2.45, 2.75) is 37.8 Å². The summed E-state index contributed by atoms with van der Waals surface area (Å²) >= 11 is 0. The summed E-state index contributed by atoms with van der Waals surface area (Å²) in [7, 11) is -1.02. The van der Waals surface area contributed by atoms with Crippen molar-refractivity contribution in [2.24, 2.45) is 5.14 Å². The van der Waals surface area contributed by atoms with E-state index in [1.165, 1.54) is 25.3 Å². The maximum Gasteiger partial charge on any atom is 0.255 e. The van der Waals surface area contributed by atoms with Crippen LogP contribution >= 0.6 is 0 Å². The number of ether oxygens (including phenoxy) is 3. The minimum atomic E-state index is -3.95. The first-order chi connectivity index (χ1) is 13.6. The number of hydrogen-bond acceptors (Lipinski definition) is 6. The van der Waals surface area contributed by atoms with Crippen LogP contribution in [0.5, 0.6) is 17.2 Å². The Hall–Kier alpha value is -2.78. The molecular weight excluding hydrogens is 396 g/mol. The SMILES string of the molecule is COc1cc(C(C)NC(=O)c2cc(S(N)(=O)=O)ccc2OC)ccc1OC(C)C. The first-order valence-electron chi connectivity index (χ1n) is 8.93. The Morgan fingerprint density at radius 1 is 0.966 bits per heavy atom. The molecule has 9 heteroatoms. The summed E-state index contributed by atoms with van der Waals surface area (Å²) in [5, 5.41) is 7.99. The lowest BCUT2D eigenvalue weighted by Crippen LogP contribution is -2.27. The Balaban J connectivity index is 2.29. The molecule has 1 amide bonds. The third-order valence-corrected chi connectivity index (χ3v) is 5.05. The number of nitrogens with one attached hydrogen (secondary N) is 1. The summed E-state index contributed by atoms with van der Waals surface area (Å²) in [4.78, 5) is 12.6. The molecule has 158 valence electrons. The zero-order chi connectivity index (χ0) is 21.8. The highest BCUT2D eigenvalue weighted by Gasteiger charge is 2.20. The van der Waals surface area contributed by atoms with Crippen molar-refractivity contribution in [1.82, 2.24) is 5.32 Å². The number of methoxy groups -OCH3 is 2. The average molecular weight is 423 g/mol. The van der Waals surface area contributed by atoms with Crippen molar-refractivity contribution in [1.29, 1.82) is 0 Å². The van der Waals surface area contributed by atoms with Gasteiger partial charge >= 0.3 is 0 Å². The van der Waals surface area contributed by atoms with Crippen molar-refractivity contribution in [2.75, 3.05) is 14.2 Å². The lowest BCUT2D eigenvalue weighted by Gasteiger charge is -2.19. The van der Waals surface area contributed by atoms with E-state index < -0.39 is 22.0 Å². The zero-order valence-corrected chi connectivity index (χ0v) is 17.9. The number of amides is 1. The second-order valence-corrected chi connectivity index (χ2v) is 8.24. The van der Waals surface area contributed by atoms with E-state index in [1.807, 2.05) is 19.9 Å². The van der Waals surface area contributed by atoms with Gasteiger partial charge in [0.25, 0.3) is 5.91 Å². The fourth-order valence-electron chi connectivity index (χ4n) is 2.70. The quantitative estimate of drug-likeness (QED) is 0.675. The minimum Gasteiger partial charge on any atom is -0.496 e. The first-order valence-corrected chi connectivity index (χ1v) is 10.5. The Kier molecular flexibility index (Phi) is 7.10. The largest absolute Gasteiger partial charge is 0.496 e. The van der Waals surface area contributed by atoms with Crippen molar-refractivity contribution >= 4 is 15.9 Å². The Bertz CT molecular complexity index is 988. The molecule has 0 spiro atoms. The molecule has 0 aliphatic rings. The number of carbonyl (C=O) groups is 1. The maximum atomic E-state index is 12.8. The molecule has 0 fully saturated rings. The molecule has 1 unspecified atom stereocenters. The van der Waals surface area contributed by atoms with Crippen LogP contribution in [0.1, 0.15) is 42.7 Å². The fourth-order valence-corrected chi connectivity index (χ4v) is 3.24. The van der Waals surface area contributed by atoms with Gasteiger partial charge in [-0.05, 0) is 56.7 Å². The molecule has 0 radical (unpaired) electrons. The number of sulfonamides is 1. The summed E-state index contributed by atoms with van der Waals surface area (Å²) in [5.41, 5.74) is 0.852. The molecule has 8 nitrogen and oxygen atoms in total. The molecule has 0 aromatic heterocycles. The van der Waals surface area contributed by atoms with Crippen LogP contribution < -0.4 is 24.7 Å². The Morgan fingerprint density at radius 2 is 1.59 bits per heavy atom. The molecule has 29 heavy (non-hydrogen) atoms. The molecule has 2 rings (SSSR count). The van der Waals surface area contributed by atoms with Crippen LogP contribution in [0.2, 0.25) is 0 Å². The molecule has 3 N–H and O–H groups in total. The predicted octanol–water partition coefficient (Wildman–Crippen LogP) is 2.63. The third kappa shape index (κ3) is 5.61. The van der Waals surface area contributed by atoms with Crippen molar-refractivity contribution < 1.29 is 27.4 Å². The van der Waals surface area contributed by atoms with Crippen LogP contribution in [0, 0.1) is 0 Å². The van der Waals surface area contributed by atoms with E-state index in [1.54, 1.807) is 26.2 Å². The summed E-state index contributed by atoms with van der Waals surface area (Å²) in [5.74, 6) is 0.889. The molecule has 2 aromatic rings. The minimum absolute atomic E-state index is 0.00885. The van der Waals surface area contributed by atoms with E-state index in [-0.39, 0.29) is 22.3 Å². The van der Waals surface area contributed by atoms with Gasteiger partial charge in [-0.15, -0.1) is 0 Å². The van der Waals surface area contributed by atoms with E-state index in [4.69, 9.17) is 19.3 Å². The van der Waals surface area contributed by atoms with Gasteiger partial charge in [-0.1, -0.05) is 6.07 Å². The fraction of sp³-hybridized carbons (Fsp3) is 0.350. The number of benzene rings is 2. The molecule has 0 saturated carbocycles. The number of rotatable bonds is 8. The topological polar surface area (TPSA) is 117 Å². The van der Waals surface area contributed by atoms with Crippen LogP contribution in [-0.4, -0.2) is 34.6 Å². The van der Waals surface area contributed by atoms with Gasteiger partial charge in [-0.3, -0.25) is 4.79 Å². The van der Waals surface area contributed by atoms with E-state index in [2.05, 4.69) is 5.32 Å². The summed E-state index contributed by atoms with van der Waals surface area (Å²) in [6, 6.07) is 8.85. The highest BCUT2D eigenvalue weighted by molar-refractivity contribution is 7.89.